The molecule has 0 radical (unpaired) electrons. The number of morpholine rings is 1. The van der Waals surface area contributed by atoms with E-state index in [0.29, 0.717) is 0 Å². The molecule has 25 heavy (non-hydrogen) atoms. The standard InChI is InChI=1S/C16H18F2N2O5/c1-9(21)19-12(15-10(17)3-2-4-11(15)18)7-14(22)20-5-6-25-8-13(20)16(23)24/h2-4,12-13H,5-8H2,1H3,(H,19,21)(H,23,24)/t12-,13-/m0/s1. The summed E-state index contributed by atoms with van der Waals surface area (Å²) in [6.45, 7) is 1.20. The lowest BCUT2D eigenvalue weighted by Gasteiger charge is -2.34. The smallest absolute Gasteiger partial charge is 0.328 e. The average Bonchev–Trinajstić information content (AvgIpc) is 2.53. The second-order valence-electron chi connectivity index (χ2n) is 5.61. The Labute approximate surface area is 142 Å². The molecule has 2 amide bonds. The van der Waals surface area contributed by atoms with Crippen molar-refractivity contribution in [2.45, 2.75) is 25.4 Å². The first-order chi connectivity index (χ1) is 11.8. The number of aliphatic carboxylic acids is 1. The van der Waals surface area contributed by atoms with Crippen LogP contribution in [-0.4, -0.2) is 53.6 Å². The molecule has 1 aromatic carbocycles. The summed E-state index contributed by atoms with van der Waals surface area (Å²) in [5, 5.41) is 11.5. The zero-order valence-electron chi connectivity index (χ0n) is 13.5. The predicted octanol–water partition coefficient (Wildman–Crippen LogP) is 0.844. The quantitative estimate of drug-likeness (QED) is 0.815. The van der Waals surface area contributed by atoms with Crippen LogP contribution in [0, 0.1) is 11.6 Å². The molecule has 1 saturated heterocycles. The fraction of sp³-hybridized carbons (Fsp3) is 0.438. The van der Waals surface area contributed by atoms with Crippen molar-refractivity contribution < 1.29 is 33.0 Å². The lowest BCUT2D eigenvalue weighted by atomic mass is 10.0. The third kappa shape index (κ3) is 4.50. The van der Waals surface area contributed by atoms with E-state index in [1.807, 2.05) is 0 Å². The van der Waals surface area contributed by atoms with Crippen molar-refractivity contribution >= 4 is 17.8 Å². The Morgan fingerprint density at radius 1 is 1.36 bits per heavy atom. The molecule has 2 atom stereocenters. The third-order valence-electron chi connectivity index (χ3n) is 3.84. The molecule has 0 bridgehead atoms. The molecule has 7 nitrogen and oxygen atoms in total. The molecule has 1 heterocycles. The van der Waals surface area contributed by atoms with Gasteiger partial charge in [0.15, 0.2) is 6.04 Å². The number of benzene rings is 1. The van der Waals surface area contributed by atoms with Crippen LogP contribution in [0.25, 0.3) is 0 Å². The van der Waals surface area contributed by atoms with Crippen LogP contribution in [0.15, 0.2) is 18.2 Å². The zero-order chi connectivity index (χ0) is 18.6. The fourth-order valence-corrected chi connectivity index (χ4v) is 2.71. The number of nitrogens with zero attached hydrogens (tertiary/aromatic N) is 1. The molecule has 2 rings (SSSR count). The van der Waals surface area contributed by atoms with Gasteiger partial charge in [-0.15, -0.1) is 0 Å². The summed E-state index contributed by atoms with van der Waals surface area (Å²) in [5.74, 6) is -4.25. The van der Waals surface area contributed by atoms with E-state index in [1.54, 1.807) is 0 Å². The number of amides is 2. The van der Waals surface area contributed by atoms with Crippen molar-refractivity contribution in [2.75, 3.05) is 19.8 Å². The first kappa shape index (κ1) is 18.8. The van der Waals surface area contributed by atoms with Crippen molar-refractivity contribution in [3.05, 3.63) is 35.4 Å². The van der Waals surface area contributed by atoms with Gasteiger partial charge >= 0.3 is 5.97 Å². The normalized spacial score (nSPS) is 18.5. The number of rotatable bonds is 5. The molecular formula is C16H18F2N2O5. The van der Waals surface area contributed by atoms with Gasteiger partial charge in [-0.1, -0.05) is 6.07 Å². The second-order valence-corrected chi connectivity index (χ2v) is 5.61. The van der Waals surface area contributed by atoms with Gasteiger partial charge in [-0.25, -0.2) is 13.6 Å². The number of nitrogens with one attached hydrogen (secondary N) is 1. The van der Waals surface area contributed by atoms with Crippen molar-refractivity contribution in [2.24, 2.45) is 0 Å². The SMILES string of the molecule is CC(=O)N[C@@H](CC(=O)N1CCOC[C@H]1C(=O)O)c1c(F)cccc1F. The van der Waals surface area contributed by atoms with E-state index in [2.05, 4.69) is 5.32 Å². The highest BCUT2D eigenvalue weighted by Gasteiger charge is 2.34. The molecule has 1 aromatic rings. The van der Waals surface area contributed by atoms with Gasteiger partial charge in [0.1, 0.15) is 11.6 Å². The number of hydrogen-bond acceptors (Lipinski definition) is 4. The molecule has 0 saturated carbocycles. The number of ether oxygens (including phenoxy) is 1. The summed E-state index contributed by atoms with van der Waals surface area (Å²) in [6.07, 6.45) is -0.471. The molecule has 136 valence electrons. The first-order valence-corrected chi connectivity index (χ1v) is 7.62. The van der Waals surface area contributed by atoms with E-state index in [-0.39, 0.29) is 19.8 Å². The van der Waals surface area contributed by atoms with Crippen LogP contribution in [0.1, 0.15) is 24.9 Å². The zero-order valence-corrected chi connectivity index (χ0v) is 13.5. The fourth-order valence-electron chi connectivity index (χ4n) is 2.71. The molecular weight excluding hydrogens is 338 g/mol. The van der Waals surface area contributed by atoms with Crippen molar-refractivity contribution in [1.82, 2.24) is 10.2 Å². The highest BCUT2D eigenvalue weighted by atomic mass is 19.1. The summed E-state index contributed by atoms with van der Waals surface area (Å²) in [5.41, 5.74) is -0.439. The van der Waals surface area contributed by atoms with Gasteiger partial charge in [-0.05, 0) is 12.1 Å². The molecule has 0 aliphatic carbocycles. The largest absolute Gasteiger partial charge is 0.480 e. The Bertz CT molecular complexity index is 662. The lowest BCUT2D eigenvalue weighted by molar-refractivity contribution is -0.158. The van der Waals surface area contributed by atoms with Gasteiger partial charge in [0, 0.05) is 19.0 Å². The summed E-state index contributed by atoms with van der Waals surface area (Å²) in [4.78, 5) is 36.2. The Kier molecular flexibility index (Phi) is 6.02. The maximum Gasteiger partial charge on any atom is 0.328 e. The monoisotopic (exact) mass is 356 g/mol. The van der Waals surface area contributed by atoms with Gasteiger partial charge in [0.05, 0.1) is 25.7 Å². The van der Waals surface area contributed by atoms with Crippen molar-refractivity contribution in [3.8, 4) is 0 Å². The van der Waals surface area contributed by atoms with E-state index < -0.39 is 53.5 Å². The lowest BCUT2D eigenvalue weighted by Crippen LogP contribution is -2.53. The van der Waals surface area contributed by atoms with Gasteiger partial charge in [0.2, 0.25) is 11.8 Å². The number of hydrogen-bond donors (Lipinski definition) is 2. The molecule has 0 spiro atoms. The minimum atomic E-state index is -1.25. The van der Waals surface area contributed by atoms with Crippen LogP contribution < -0.4 is 5.32 Å². The summed E-state index contributed by atoms with van der Waals surface area (Å²) in [6, 6.07) is 0.788. The van der Waals surface area contributed by atoms with Crippen molar-refractivity contribution in [1.29, 1.82) is 0 Å². The van der Waals surface area contributed by atoms with E-state index in [1.165, 1.54) is 6.07 Å². The number of carbonyl (C=O) groups is 3. The average molecular weight is 356 g/mol. The van der Waals surface area contributed by atoms with Crippen LogP contribution in [-0.2, 0) is 19.1 Å². The second kappa shape index (κ2) is 8.02. The van der Waals surface area contributed by atoms with E-state index in [9.17, 15) is 28.3 Å². The van der Waals surface area contributed by atoms with Crippen LogP contribution in [0.5, 0.6) is 0 Å². The summed E-state index contributed by atoms with van der Waals surface area (Å²) in [7, 11) is 0. The highest BCUT2D eigenvalue weighted by Crippen LogP contribution is 2.25. The molecule has 2 N–H and O–H groups in total. The Morgan fingerprint density at radius 3 is 2.56 bits per heavy atom. The minimum Gasteiger partial charge on any atom is -0.480 e. The van der Waals surface area contributed by atoms with Crippen LogP contribution >= 0.6 is 0 Å². The van der Waals surface area contributed by atoms with Crippen molar-refractivity contribution in [3.63, 3.8) is 0 Å². The Hall–Kier alpha value is -2.55. The Balaban J connectivity index is 2.26. The van der Waals surface area contributed by atoms with Gasteiger partial charge in [-0.2, -0.15) is 0 Å². The van der Waals surface area contributed by atoms with Crippen LogP contribution in [0.3, 0.4) is 0 Å². The molecule has 1 aliphatic rings. The first-order valence-electron chi connectivity index (χ1n) is 7.62. The molecule has 1 aliphatic heterocycles. The van der Waals surface area contributed by atoms with E-state index in [4.69, 9.17) is 4.74 Å². The number of carboxylic acid groups (broad SMARTS) is 1. The topological polar surface area (TPSA) is 95.9 Å². The molecule has 1 fully saturated rings. The Morgan fingerprint density at radius 2 is 2.00 bits per heavy atom. The predicted molar refractivity (Wildman–Crippen MR) is 81.5 cm³/mol. The molecule has 9 heteroatoms. The van der Waals surface area contributed by atoms with Crippen LogP contribution in [0.4, 0.5) is 8.78 Å². The number of halogens is 2. The number of carboxylic acids is 1. The maximum atomic E-state index is 14.0. The van der Waals surface area contributed by atoms with E-state index >= 15 is 0 Å². The van der Waals surface area contributed by atoms with E-state index in [0.717, 1.165) is 24.0 Å². The maximum absolute atomic E-state index is 14.0. The van der Waals surface area contributed by atoms with Gasteiger partial charge in [0.25, 0.3) is 0 Å². The third-order valence-corrected chi connectivity index (χ3v) is 3.84. The summed E-state index contributed by atoms with van der Waals surface area (Å²) < 4.78 is 33.1. The molecule has 0 unspecified atom stereocenters. The van der Waals surface area contributed by atoms with Gasteiger partial charge < -0.3 is 20.1 Å². The molecule has 0 aromatic heterocycles. The highest BCUT2D eigenvalue weighted by molar-refractivity contribution is 5.85. The van der Waals surface area contributed by atoms with Gasteiger partial charge in [-0.3, -0.25) is 9.59 Å². The minimum absolute atomic E-state index is 0.0440. The number of carbonyl (C=O) groups excluding carboxylic acids is 2. The van der Waals surface area contributed by atoms with Crippen LogP contribution in [0.2, 0.25) is 0 Å². The summed E-state index contributed by atoms with van der Waals surface area (Å²) >= 11 is 0.